The fourth-order valence-corrected chi connectivity index (χ4v) is 1.86. The van der Waals surface area contributed by atoms with Gasteiger partial charge in [0.25, 0.3) is 0 Å². The molecule has 0 atom stereocenters. The predicted octanol–water partition coefficient (Wildman–Crippen LogP) is 3.95. The topological polar surface area (TPSA) is 26.0 Å². The van der Waals surface area contributed by atoms with Crippen molar-refractivity contribution in [3.05, 3.63) is 27.7 Å². The highest BCUT2D eigenvalue weighted by molar-refractivity contribution is 9.10. The first-order valence-corrected chi connectivity index (χ1v) is 5.48. The van der Waals surface area contributed by atoms with Crippen molar-refractivity contribution in [1.29, 1.82) is 0 Å². The highest BCUT2D eigenvalue weighted by Gasteiger charge is 2.33. The maximum Gasteiger partial charge on any atom is 0.416 e. The van der Waals surface area contributed by atoms with Crippen molar-refractivity contribution in [2.45, 2.75) is 11.5 Å². The molecule has 0 unspecified atom stereocenters. The van der Waals surface area contributed by atoms with Crippen LogP contribution in [-0.2, 0) is 11.5 Å². The third-order valence-electron chi connectivity index (χ3n) is 1.67. The Labute approximate surface area is 95.7 Å². The molecule has 14 heavy (non-hydrogen) atoms. The molecule has 2 N–H and O–H groups in total. The molecule has 0 heterocycles. The number of alkyl halides is 4. The molecule has 0 radical (unpaired) electrons. The van der Waals surface area contributed by atoms with E-state index in [4.69, 9.17) is 5.73 Å². The van der Waals surface area contributed by atoms with Gasteiger partial charge >= 0.3 is 6.18 Å². The minimum atomic E-state index is -4.36. The van der Waals surface area contributed by atoms with E-state index in [2.05, 4.69) is 31.9 Å². The summed E-state index contributed by atoms with van der Waals surface area (Å²) in [5, 5.41) is 0.140. The van der Waals surface area contributed by atoms with Gasteiger partial charge in [-0.05, 0) is 33.6 Å². The van der Waals surface area contributed by atoms with E-state index in [1.54, 1.807) is 0 Å². The largest absolute Gasteiger partial charge is 0.416 e. The Morgan fingerprint density at radius 2 is 1.86 bits per heavy atom. The van der Waals surface area contributed by atoms with Gasteiger partial charge in [0.05, 0.1) is 5.56 Å². The first kappa shape index (κ1) is 11.8. The average Bonchev–Trinajstić information content (AvgIpc) is 2.07. The standard InChI is InChI=1S/C8H6Br2F3N/c9-3-4-1-6(10)7(14)2-5(4)8(11,12)13/h1-2H,3,14H2. The maximum absolute atomic E-state index is 12.5. The van der Waals surface area contributed by atoms with Gasteiger partial charge < -0.3 is 5.73 Å². The molecule has 0 aliphatic rings. The van der Waals surface area contributed by atoms with Gasteiger partial charge in [-0.15, -0.1) is 0 Å². The fourth-order valence-electron chi connectivity index (χ4n) is 1.01. The van der Waals surface area contributed by atoms with Gasteiger partial charge in [-0.2, -0.15) is 13.2 Å². The second kappa shape index (κ2) is 4.10. The van der Waals surface area contributed by atoms with Crippen LogP contribution in [0.1, 0.15) is 11.1 Å². The third-order valence-corrected chi connectivity index (χ3v) is 2.96. The summed E-state index contributed by atoms with van der Waals surface area (Å²) in [4.78, 5) is 0. The fraction of sp³-hybridized carbons (Fsp3) is 0.250. The van der Waals surface area contributed by atoms with Crippen molar-refractivity contribution in [2.75, 3.05) is 5.73 Å². The molecule has 78 valence electrons. The molecule has 0 saturated carbocycles. The van der Waals surface area contributed by atoms with Crippen LogP contribution >= 0.6 is 31.9 Å². The molecule has 0 amide bonds. The molecule has 1 nitrogen and oxygen atoms in total. The SMILES string of the molecule is Nc1cc(C(F)(F)F)c(CBr)cc1Br. The van der Waals surface area contributed by atoms with E-state index in [1.165, 1.54) is 6.07 Å². The first-order valence-electron chi connectivity index (χ1n) is 3.57. The quantitative estimate of drug-likeness (QED) is 0.611. The Bertz CT molecular complexity index is 349. The van der Waals surface area contributed by atoms with Crippen molar-refractivity contribution in [3.63, 3.8) is 0 Å². The van der Waals surface area contributed by atoms with Crippen molar-refractivity contribution in [2.24, 2.45) is 0 Å². The summed E-state index contributed by atoms with van der Waals surface area (Å²) in [5.74, 6) is 0. The Kier molecular flexibility index (Phi) is 3.47. The lowest BCUT2D eigenvalue weighted by Crippen LogP contribution is -2.09. The smallest absolute Gasteiger partial charge is 0.398 e. The second-order valence-corrected chi connectivity index (χ2v) is 4.08. The summed E-state index contributed by atoms with van der Waals surface area (Å²) >= 11 is 6.07. The molecule has 0 spiro atoms. The van der Waals surface area contributed by atoms with Crippen LogP contribution in [0.2, 0.25) is 0 Å². The van der Waals surface area contributed by atoms with Gasteiger partial charge in [0.2, 0.25) is 0 Å². The summed E-state index contributed by atoms with van der Waals surface area (Å²) in [6.07, 6.45) is -4.36. The zero-order chi connectivity index (χ0) is 10.9. The summed E-state index contributed by atoms with van der Waals surface area (Å²) in [6, 6.07) is 2.30. The number of nitrogens with two attached hydrogens (primary N) is 1. The van der Waals surface area contributed by atoms with E-state index < -0.39 is 11.7 Å². The zero-order valence-electron chi connectivity index (χ0n) is 6.83. The molecular weight excluding hydrogens is 327 g/mol. The molecule has 1 aromatic carbocycles. The van der Waals surface area contributed by atoms with Crippen LogP contribution in [0.3, 0.4) is 0 Å². The molecule has 0 saturated heterocycles. The number of benzene rings is 1. The van der Waals surface area contributed by atoms with E-state index in [0.717, 1.165) is 6.07 Å². The predicted molar refractivity (Wildman–Crippen MR) is 56.2 cm³/mol. The lowest BCUT2D eigenvalue weighted by molar-refractivity contribution is -0.138. The number of hydrogen-bond acceptors (Lipinski definition) is 1. The van der Waals surface area contributed by atoms with Crippen LogP contribution in [-0.4, -0.2) is 0 Å². The molecule has 1 aromatic rings. The van der Waals surface area contributed by atoms with Gasteiger partial charge in [-0.3, -0.25) is 0 Å². The Hall–Kier alpha value is -0.230. The van der Waals surface area contributed by atoms with Gasteiger partial charge in [0.15, 0.2) is 0 Å². The molecule has 0 aromatic heterocycles. The molecule has 0 bridgehead atoms. The van der Waals surface area contributed by atoms with E-state index in [0.29, 0.717) is 4.47 Å². The minimum absolute atomic E-state index is 0.0852. The average molecular weight is 333 g/mol. The van der Waals surface area contributed by atoms with Crippen LogP contribution in [0.15, 0.2) is 16.6 Å². The van der Waals surface area contributed by atoms with Crippen molar-refractivity contribution in [3.8, 4) is 0 Å². The van der Waals surface area contributed by atoms with Crippen LogP contribution in [0.4, 0.5) is 18.9 Å². The summed E-state index contributed by atoms with van der Waals surface area (Å²) < 4.78 is 37.8. The highest BCUT2D eigenvalue weighted by atomic mass is 79.9. The monoisotopic (exact) mass is 331 g/mol. The summed E-state index contributed by atoms with van der Waals surface area (Å²) in [6.45, 7) is 0. The lowest BCUT2D eigenvalue weighted by atomic mass is 10.1. The van der Waals surface area contributed by atoms with Crippen molar-refractivity contribution < 1.29 is 13.2 Å². The Balaban J connectivity index is 3.35. The number of nitrogen functional groups attached to an aromatic ring is 1. The Morgan fingerprint density at radius 3 is 2.29 bits per heavy atom. The molecule has 0 aliphatic carbocycles. The van der Waals surface area contributed by atoms with E-state index >= 15 is 0 Å². The van der Waals surface area contributed by atoms with Crippen molar-refractivity contribution in [1.82, 2.24) is 0 Å². The maximum atomic E-state index is 12.5. The van der Waals surface area contributed by atoms with Crippen molar-refractivity contribution >= 4 is 37.5 Å². The summed E-state index contributed by atoms with van der Waals surface area (Å²) in [5.41, 5.74) is 4.93. The van der Waals surface area contributed by atoms with Crippen LogP contribution < -0.4 is 5.73 Å². The van der Waals surface area contributed by atoms with Crippen LogP contribution in [0.25, 0.3) is 0 Å². The number of rotatable bonds is 1. The third kappa shape index (κ3) is 2.42. The molecule has 0 aliphatic heterocycles. The zero-order valence-corrected chi connectivity index (χ0v) is 10.0. The van der Waals surface area contributed by atoms with Crippen LogP contribution in [0.5, 0.6) is 0 Å². The number of anilines is 1. The highest BCUT2D eigenvalue weighted by Crippen LogP contribution is 2.36. The Morgan fingerprint density at radius 1 is 1.29 bits per heavy atom. The number of hydrogen-bond donors (Lipinski definition) is 1. The minimum Gasteiger partial charge on any atom is -0.398 e. The van der Waals surface area contributed by atoms with Gasteiger partial charge in [0.1, 0.15) is 0 Å². The molecule has 0 fully saturated rings. The van der Waals surface area contributed by atoms with E-state index in [9.17, 15) is 13.2 Å². The first-order chi connectivity index (χ1) is 6.36. The van der Waals surface area contributed by atoms with Gasteiger partial charge in [-0.25, -0.2) is 0 Å². The normalized spacial score (nSPS) is 11.8. The van der Waals surface area contributed by atoms with E-state index in [1.807, 2.05) is 0 Å². The van der Waals surface area contributed by atoms with E-state index in [-0.39, 0.29) is 16.6 Å². The molecule has 1 rings (SSSR count). The number of halogens is 5. The van der Waals surface area contributed by atoms with Crippen LogP contribution in [0, 0.1) is 0 Å². The lowest BCUT2D eigenvalue weighted by Gasteiger charge is -2.12. The summed E-state index contributed by atoms with van der Waals surface area (Å²) in [7, 11) is 0. The van der Waals surface area contributed by atoms with Gasteiger partial charge in [-0.1, -0.05) is 15.9 Å². The van der Waals surface area contributed by atoms with Gasteiger partial charge in [0, 0.05) is 15.5 Å². The molecular formula is C8H6Br2F3N. The molecule has 6 heteroatoms. The second-order valence-electron chi connectivity index (χ2n) is 2.66.